The number of amides is 1. The molecule has 1 amide bonds. The van der Waals surface area contributed by atoms with Gasteiger partial charge in [-0.05, 0) is 50.8 Å². The van der Waals surface area contributed by atoms with E-state index in [1.807, 2.05) is 13.8 Å². The van der Waals surface area contributed by atoms with Crippen LogP contribution in [0.3, 0.4) is 0 Å². The highest BCUT2D eigenvalue weighted by molar-refractivity contribution is 7.91. The van der Waals surface area contributed by atoms with Gasteiger partial charge in [-0.25, -0.2) is 23.4 Å². The lowest BCUT2D eigenvalue weighted by Gasteiger charge is -2.36. The number of nitrogens with one attached hydrogen (secondary N) is 1. The Morgan fingerprint density at radius 1 is 1.26 bits per heavy atom. The van der Waals surface area contributed by atoms with Crippen molar-refractivity contribution in [1.82, 2.24) is 25.2 Å². The van der Waals surface area contributed by atoms with Crippen molar-refractivity contribution in [1.29, 1.82) is 0 Å². The van der Waals surface area contributed by atoms with Gasteiger partial charge in [-0.2, -0.15) is 0 Å². The minimum absolute atomic E-state index is 0.0260. The zero-order chi connectivity index (χ0) is 30.6. The molecular weight excluding hydrogens is 558 g/mol. The minimum atomic E-state index is -3.38. The molecule has 2 fully saturated rings. The van der Waals surface area contributed by atoms with Gasteiger partial charge >= 0.3 is 0 Å². The number of carbonyl (C=O) groups excluding carboxylic acids is 1. The molecule has 2 N–H and O–H groups in total. The molecule has 3 heterocycles. The van der Waals surface area contributed by atoms with Crippen LogP contribution in [-0.4, -0.2) is 76.5 Å². The predicted molar refractivity (Wildman–Crippen MR) is 160 cm³/mol. The summed E-state index contributed by atoms with van der Waals surface area (Å²) in [6.07, 6.45) is 5.37. The second kappa shape index (κ2) is 12.9. The third-order valence-corrected chi connectivity index (χ3v) is 9.00. The van der Waals surface area contributed by atoms with Crippen molar-refractivity contribution >= 4 is 33.1 Å². The zero-order valence-electron chi connectivity index (χ0n) is 24.6. The maximum absolute atomic E-state index is 13.9. The standard InChI is InChI=1S/C29H37N7O5S/c1-7-18(4)36-27(34-19(5)23-25(20-9-10-20)32-16-33-28(23)41-6)24(17(3)15-37)35-26(29(36)38)31-13-21-11-12-22(14-30-21)42(39,40)8-2/h11-12,14,16,18,20,37H,5,7-10,13,15H2,1-4,6H3,(H,31,35)/b24-17-,34-27?/t18-/m1/s1. The second-order valence-corrected chi connectivity index (χ2v) is 12.5. The molecular formula is C29H37N7O5S. The Balaban J connectivity index is 1.74. The summed E-state index contributed by atoms with van der Waals surface area (Å²) >= 11 is 0. The molecule has 1 saturated heterocycles. The first-order valence-corrected chi connectivity index (χ1v) is 15.5. The van der Waals surface area contributed by atoms with Crippen LogP contribution in [0.1, 0.15) is 69.8 Å². The molecule has 0 aromatic carbocycles. The van der Waals surface area contributed by atoms with Crippen molar-refractivity contribution in [2.75, 3.05) is 19.5 Å². The molecule has 1 saturated carbocycles. The molecule has 12 nitrogen and oxygen atoms in total. The van der Waals surface area contributed by atoms with Crippen LogP contribution in [0, 0.1) is 0 Å². The van der Waals surface area contributed by atoms with Crippen LogP contribution >= 0.6 is 0 Å². The number of sulfone groups is 1. The van der Waals surface area contributed by atoms with E-state index in [4.69, 9.17) is 9.73 Å². The summed E-state index contributed by atoms with van der Waals surface area (Å²) in [6.45, 7) is 11.1. The number of piperazine rings is 1. The molecule has 0 bridgehead atoms. The number of nitrogens with zero attached hydrogens (tertiary/aromatic N) is 6. The van der Waals surface area contributed by atoms with E-state index >= 15 is 0 Å². The van der Waals surface area contributed by atoms with Gasteiger partial charge in [-0.1, -0.05) is 20.4 Å². The van der Waals surface area contributed by atoms with Gasteiger partial charge in [-0.15, -0.1) is 0 Å². The third-order valence-electron chi connectivity index (χ3n) is 7.28. The Hall–Kier alpha value is -3.97. The quantitative estimate of drug-likeness (QED) is 0.398. The molecule has 1 aliphatic carbocycles. The van der Waals surface area contributed by atoms with Gasteiger partial charge in [0.25, 0.3) is 5.91 Å². The van der Waals surface area contributed by atoms with Gasteiger partial charge < -0.3 is 15.2 Å². The molecule has 4 rings (SSSR count). The third kappa shape index (κ3) is 6.41. The molecule has 1 atom stereocenters. The average molecular weight is 596 g/mol. The Bertz CT molecular complexity index is 1560. The predicted octanol–water partition coefficient (Wildman–Crippen LogP) is 3.02. The van der Waals surface area contributed by atoms with Crippen LogP contribution in [0.4, 0.5) is 0 Å². The maximum Gasteiger partial charge on any atom is 0.295 e. The Morgan fingerprint density at radius 3 is 2.57 bits per heavy atom. The number of hydrogen-bond donors (Lipinski definition) is 2. The van der Waals surface area contributed by atoms with E-state index in [2.05, 4.69) is 31.8 Å². The summed E-state index contributed by atoms with van der Waals surface area (Å²) in [5, 5.41) is 13.2. The number of pyridine rings is 1. The van der Waals surface area contributed by atoms with Crippen molar-refractivity contribution in [2.24, 2.45) is 9.98 Å². The smallest absolute Gasteiger partial charge is 0.295 e. The van der Waals surface area contributed by atoms with E-state index in [9.17, 15) is 18.3 Å². The molecule has 2 aromatic rings. The Kier molecular flexibility index (Phi) is 9.52. The summed E-state index contributed by atoms with van der Waals surface area (Å²) in [6, 6.07) is 2.79. The number of rotatable bonds is 11. The fourth-order valence-electron chi connectivity index (χ4n) is 4.42. The van der Waals surface area contributed by atoms with Gasteiger partial charge in [-0.3, -0.25) is 19.7 Å². The normalized spacial score (nSPS) is 19.6. The van der Waals surface area contributed by atoms with Crippen LogP contribution in [0.25, 0.3) is 5.70 Å². The van der Waals surface area contributed by atoms with E-state index < -0.39 is 15.7 Å². The number of aliphatic imine (C=N–C) groups is 2. The van der Waals surface area contributed by atoms with Crippen molar-refractivity contribution in [3.05, 3.63) is 59.5 Å². The monoisotopic (exact) mass is 595 g/mol. The maximum atomic E-state index is 13.9. The number of methoxy groups -OCH3 is 1. The zero-order valence-corrected chi connectivity index (χ0v) is 25.4. The van der Waals surface area contributed by atoms with Gasteiger partial charge in [0, 0.05) is 18.2 Å². The van der Waals surface area contributed by atoms with E-state index in [1.165, 1.54) is 25.7 Å². The molecule has 224 valence electrons. The first-order valence-electron chi connectivity index (χ1n) is 13.9. The molecule has 13 heteroatoms. The van der Waals surface area contributed by atoms with Crippen molar-refractivity contribution < 1.29 is 23.1 Å². The van der Waals surface area contributed by atoms with E-state index in [-0.39, 0.29) is 41.6 Å². The molecule has 0 spiro atoms. The minimum Gasteiger partial charge on any atom is -0.480 e. The number of ether oxygens (including phenoxy) is 1. The fourth-order valence-corrected chi connectivity index (χ4v) is 5.24. The van der Waals surface area contributed by atoms with E-state index in [1.54, 1.807) is 24.8 Å². The first-order chi connectivity index (χ1) is 20.1. The lowest BCUT2D eigenvalue weighted by molar-refractivity contribution is -0.122. The van der Waals surface area contributed by atoms with Crippen LogP contribution in [0.15, 0.2) is 57.4 Å². The number of hydrogen-bond acceptors (Lipinski definition) is 10. The number of amidine groups is 2. The van der Waals surface area contributed by atoms with Gasteiger partial charge in [0.05, 0.1) is 59.3 Å². The van der Waals surface area contributed by atoms with Crippen molar-refractivity contribution in [3.8, 4) is 5.88 Å². The highest BCUT2D eigenvalue weighted by Gasteiger charge is 2.38. The SMILES string of the molecule is C=C(N=C1/C(=C(\C)CO)NC(=NCc2ccc(S(=O)(=O)CC)cn2)C(=O)N1[C@H](C)CC)c1c(OC)ncnc1C1CC1. The highest BCUT2D eigenvalue weighted by Crippen LogP contribution is 2.44. The Labute approximate surface area is 246 Å². The van der Waals surface area contributed by atoms with Crippen LogP contribution in [-0.2, 0) is 21.2 Å². The summed E-state index contributed by atoms with van der Waals surface area (Å²) < 4.78 is 29.8. The number of aromatic nitrogens is 3. The van der Waals surface area contributed by atoms with E-state index in [0.717, 1.165) is 18.5 Å². The topological polar surface area (TPSA) is 159 Å². The van der Waals surface area contributed by atoms with Crippen LogP contribution < -0.4 is 10.1 Å². The number of aliphatic hydroxyl groups is 1. The first kappa shape index (κ1) is 31.0. The highest BCUT2D eigenvalue weighted by atomic mass is 32.2. The summed E-state index contributed by atoms with van der Waals surface area (Å²) in [5.74, 6) is 0.529. The average Bonchev–Trinajstić information content (AvgIpc) is 3.85. The molecule has 2 aliphatic rings. The number of carbonyl (C=O) groups is 1. The van der Waals surface area contributed by atoms with Crippen molar-refractivity contribution in [3.63, 3.8) is 0 Å². The second-order valence-electron chi connectivity index (χ2n) is 10.2. The molecule has 0 unspecified atom stereocenters. The van der Waals surface area contributed by atoms with Gasteiger partial charge in [0.1, 0.15) is 6.33 Å². The van der Waals surface area contributed by atoms with Crippen molar-refractivity contribution in [2.45, 2.75) is 70.4 Å². The van der Waals surface area contributed by atoms with Crippen LogP contribution in [0.2, 0.25) is 0 Å². The molecule has 0 radical (unpaired) electrons. The van der Waals surface area contributed by atoms with Crippen LogP contribution in [0.5, 0.6) is 5.88 Å². The van der Waals surface area contributed by atoms with E-state index in [0.29, 0.717) is 46.4 Å². The lowest BCUT2D eigenvalue weighted by atomic mass is 10.1. The summed E-state index contributed by atoms with van der Waals surface area (Å²) in [4.78, 5) is 37.8. The Morgan fingerprint density at radius 2 is 2.00 bits per heavy atom. The largest absolute Gasteiger partial charge is 0.480 e. The van der Waals surface area contributed by atoms with Gasteiger partial charge in [0.2, 0.25) is 5.88 Å². The molecule has 2 aromatic heterocycles. The molecule has 42 heavy (non-hydrogen) atoms. The van der Waals surface area contributed by atoms with Gasteiger partial charge in [0.15, 0.2) is 21.5 Å². The molecule has 1 aliphatic heterocycles. The number of aliphatic hydroxyl groups excluding tert-OH is 1. The summed E-state index contributed by atoms with van der Waals surface area (Å²) in [7, 11) is -1.86. The lowest BCUT2D eigenvalue weighted by Crippen LogP contribution is -2.57. The summed E-state index contributed by atoms with van der Waals surface area (Å²) in [5.41, 5.74) is 3.19. The fraction of sp³-hybridized carbons (Fsp3) is 0.448.